The van der Waals surface area contributed by atoms with E-state index in [-0.39, 0.29) is 6.54 Å². The third-order valence-corrected chi connectivity index (χ3v) is 1.65. The molecule has 0 saturated carbocycles. The van der Waals surface area contributed by atoms with Crippen LogP contribution in [0.2, 0.25) is 0 Å². The maximum atomic E-state index is 11.1. The number of carbonyl (C=O) groups is 3. The third-order valence-electron chi connectivity index (χ3n) is 1.65. The van der Waals surface area contributed by atoms with E-state index in [0.29, 0.717) is 0 Å². The molecular weight excluding hydrogens is 218 g/mol. The van der Waals surface area contributed by atoms with Crippen LogP contribution in [0.15, 0.2) is 0 Å². The van der Waals surface area contributed by atoms with Gasteiger partial charge in [0.05, 0.1) is 19.2 Å². The first-order chi connectivity index (χ1) is 7.38. The van der Waals surface area contributed by atoms with Gasteiger partial charge < -0.3 is 26.6 Å². The zero-order chi connectivity index (χ0) is 12.7. The number of hydrogen-bond acceptors (Lipinski definition) is 5. The lowest BCUT2D eigenvalue weighted by Gasteiger charge is -2.12. The highest BCUT2D eigenvalue weighted by molar-refractivity contribution is 5.89. The molecule has 0 aliphatic heterocycles. The first-order valence-electron chi connectivity index (χ1n) is 4.54. The number of amides is 2. The van der Waals surface area contributed by atoms with E-state index in [1.54, 1.807) is 0 Å². The van der Waals surface area contributed by atoms with Crippen LogP contribution in [-0.2, 0) is 14.4 Å². The van der Waals surface area contributed by atoms with Gasteiger partial charge in [0.15, 0.2) is 0 Å². The fourth-order valence-electron chi connectivity index (χ4n) is 0.759. The van der Waals surface area contributed by atoms with Crippen LogP contribution in [0.3, 0.4) is 0 Å². The fourth-order valence-corrected chi connectivity index (χ4v) is 0.759. The molecule has 0 spiro atoms. The van der Waals surface area contributed by atoms with E-state index in [4.69, 9.17) is 15.9 Å². The Labute approximate surface area is 91.8 Å². The van der Waals surface area contributed by atoms with Gasteiger partial charge in [0.25, 0.3) is 0 Å². The monoisotopic (exact) mass is 233 g/mol. The van der Waals surface area contributed by atoms with Gasteiger partial charge >= 0.3 is 5.97 Å². The zero-order valence-electron chi connectivity index (χ0n) is 8.77. The van der Waals surface area contributed by atoms with Crippen LogP contribution in [0.1, 0.15) is 6.92 Å². The summed E-state index contributed by atoms with van der Waals surface area (Å²) < 4.78 is 0. The first-order valence-corrected chi connectivity index (χ1v) is 4.54. The number of aliphatic hydroxyl groups excluding tert-OH is 1. The molecule has 0 saturated heterocycles. The molecule has 92 valence electrons. The first kappa shape index (κ1) is 14.3. The maximum absolute atomic E-state index is 11.1. The molecule has 6 N–H and O–H groups in total. The largest absolute Gasteiger partial charge is 0.480 e. The fraction of sp³-hybridized carbons (Fsp3) is 0.625. The van der Waals surface area contributed by atoms with Crippen LogP contribution in [0, 0.1) is 0 Å². The molecule has 2 atom stereocenters. The number of nitrogens with one attached hydrogen (secondary N) is 2. The Kier molecular flexibility index (Phi) is 6.04. The van der Waals surface area contributed by atoms with Gasteiger partial charge in [-0.25, -0.2) is 4.79 Å². The Balaban J connectivity index is 3.99. The lowest BCUT2D eigenvalue weighted by molar-refractivity contribution is -0.142. The summed E-state index contributed by atoms with van der Waals surface area (Å²) in [5.74, 6) is -2.59. The van der Waals surface area contributed by atoms with Crippen molar-refractivity contribution < 1.29 is 24.6 Å². The van der Waals surface area contributed by atoms with Gasteiger partial charge in [-0.3, -0.25) is 9.59 Å². The lowest BCUT2D eigenvalue weighted by atomic mass is 10.3. The zero-order valence-corrected chi connectivity index (χ0v) is 8.77. The summed E-state index contributed by atoms with van der Waals surface area (Å²) in [6, 6.07) is -2.12. The number of aliphatic carboxylic acids is 1. The van der Waals surface area contributed by atoms with Crippen LogP contribution in [0.4, 0.5) is 0 Å². The Hall–Kier alpha value is -1.67. The minimum Gasteiger partial charge on any atom is -0.480 e. The van der Waals surface area contributed by atoms with Crippen LogP contribution < -0.4 is 16.4 Å². The molecule has 2 amide bonds. The van der Waals surface area contributed by atoms with Crippen LogP contribution >= 0.6 is 0 Å². The molecule has 0 rings (SSSR count). The van der Waals surface area contributed by atoms with Crippen molar-refractivity contribution in [2.24, 2.45) is 5.73 Å². The molecule has 0 aliphatic carbocycles. The van der Waals surface area contributed by atoms with Crippen molar-refractivity contribution in [1.82, 2.24) is 10.6 Å². The molecule has 8 heteroatoms. The van der Waals surface area contributed by atoms with E-state index < -0.39 is 36.5 Å². The van der Waals surface area contributed by atoms with Crippen molar-refractivity contribution in [3.8, 4) is 0 Å². The Morgan fingerprint density at radius 2 is 1.94 bits per heavy atom. The van der Waals surface area contributed by atoms with Crippen LogP contribution in [-0.4, -0.2) is 53.2 Å². The van der Waals surface area contributed by atoms with Crippen molar-refractivity contribution in [1.29, 1.82) is 0 Å². The van der Waals surface area contributed by atoms with Crippen LogP contribution in [0.5, 0.6) is 0 Å². The number of carbonyl (C=O) groups excluding carboxylic acids is 2. The van der Waals surface area contributed by atoms with E-state index in [2.05, 4.69) is 5.32 Å². The van der Waals surface area contributed by atoms with Crippen LogP contribution in [0.25, 0.3) is 0 Å². The summed E-state index contributed by atoms with van der Waals surface area (Å²) in [4.78, 5) is 32.5. The van der Waals surface area contributed by atoms with Gasteiger partial charge in [0.2, 0.25) is 11.8 Å². The van der Waals surface area contributed by atoms with Gasteiger partial charge in [0.1, 0.15) is 6.04 Å². The Bertz CT molecular complexity index is 279. The molecule has 8 nitrogen and oxygen atoms in total. The highest BCUT2D eigenvalue weighted by Crippen LogP contribution is 1.82. The second kappa shape index (κ2) is 6.75. The molecule has 0 radical (unpaired) electrons. The standard InChI is InChI=1S/C8H15N3O5/c1-4(9)7(14)10-2-6(13)11-5(3-12)8(15)16/h4-5,12H,2-3,9H2,1H3,(H,10,14)(H,11,13)(H,15,16)/t4-,5-/m0/s1. The number of aliphatic hydroxyl groups is 1. The SMILES string of the molecule is C[C@H](N)C(=O)NCC(=O)N[C@@H](CO)C(=O)O. The smallest absolute Gasteiger partial charge is 0.328 e. The van der Waals surface area contributed by atoms with E-state index in [1.165, 1.54) is 6.92 Å². The molecule has 0 heterocycles. The second-order valence-electron chi connectivity index (χ2n) is 3.15. The third kappa shape index (κ3) is 5.27. The van der Waals surface area contributed by atoms with Crippen molar-refractivity contribution in [2.75, 3.05) is 13.2 Å². The Morgan fingerprint density at radius 1 is 1.38 bits per heavy atom. The molecule has 0 aromatic heterocycles. The van der Waals surface area contributed by atoms with E-state index in [9.17, 15) is 14.4 Å². The molecule has 0 fully saturated rings. The summed E-state index contributed by atoms with van der Waals surface area (Å²) in [7, 11) is 0. The molecule has 0 aromatic carbocycles. The second-order valence-corrected chi connectivity index (χ2v) is 3.15. The van der Waals surface area contributed by atoms with Crippen molar-refractivity contribution in [2.45, 2.75) is 19.0 Å². The average molecular weight is 233 g/mol. The quantitative estimate of drug-likeness (QED) is 0.331. The minimum absolute atomic E-state index is 0.385. The number of carboxylic acid groups (broad SMARTS) is 1. The molecule has 0 aliphatic rings. The molecule has 0 aromatic rings. The van der Waals surface area contributed by atoms with Gasteiger partial charge in [-0.1, -0.05) is 0 Å². The number of carboxylic acids is 1. The molecule has 0 unspecified atom stereocenters. The predicted octanol–water partition coefficient (Wildman–Crippen LogP) is -2.99. The topological polar surface area (TPSA) is 142 Å². The summed E-state index contributed by atoms with van der Waals surface area (Å²) in [6.45, 7) is 0.341. The normalized spacial score (nSPS) is 13.7. The number of nitrogens with two attached hydrogens (primary N) is 1. The molecule has 16 heavy (non-hydrogen) atoms. The summed E-state index contributed by atoms with van der Waals surface area (Å²) >= 11 is 0. The average Bonchev–Trinajstić information content (AvgIpc) is 2.21. The Morgan fingerprint density at radius 3 is 2.31 bits per heavy atom. The summed E-state index contributed by atoms with van der Waals surface area (Å²) in [5.41, 5.74) is 5.22. The van der Waals surface area contributed by atoms with Gasteiger partial charge in [-0.2, -0.15) is 0 Å². The van der Waals surface area contributed by atoms with Crippen molar-refractivity contribution >= 4 is 17.8 Å². The summed E-state index contributed by atoms with van der Waals surface area (Å²) in [5, 5.41) is 21.3. The highest BCUT2D eigenvalue weighted by Gasteiger charge is 2.19. The number of hydrogen-bond donors (Lipinski definition) is 5. The minimum atomic E-state index is -1.38. The number of rotatable bonds is 6. The molecule has 0 bridgehead atoms. The molecular formula is C8H15N3O5. The predicted molar refractivity (Wildman–Crippen MR) is 53.3 cm³/mol. The van der Waals surface area contributed by atoms with Crippen molar-refractivity contribution in [3.05, 3.63) is 0 Å². The summed E-state index contributed by atoms with van der Waals surface area (Å²) in [6.07, 6.45) is 0. The highest BCUT2D eigenvalue weighted by atomic mass is 16.4. The van der Waals surface area contributed by atoms with E-state index in [1.807, 2.05) is 5.32 Å². The van der Waals surface area contributed by atoms with Crippen molar-refractivity contribution in [3.63, 3.8) is 0 Å². The maximum Gasteiger partial charge on any atom is 0.328 e. The van der Waals surface area contributed by atoms with E-state index in [0.717, 1.165) is 0 Å². The van der Waals surface area contributed by atoms with Gasteiger partial charge in [-0.05, 0) is 6.92 Å². The van der Waals surface area contributed by atoms with E-state index >= 15 is 0 Å². The van der Waals surface area contributed by atoms with Gasteiger partial charge in [0, 0.05) is 0 Å². The lowest BCUT2D eigenvalue weighted by Crippen LogP contribution is -2.49. The van der Waals surface area contributed by atoms with Gasteiger partial charge in [-0.15, -0.1) is 0 Å².